The molecule has 9 nitrogen and oxygen atoms in total. The second kappa shape index (κ2) is 7.58. The molecule has 0 unspecified atom stereocenters. The van der Waals surface area contributed by atoms with Crippen LogP contribution in [0.4, 0.5) is 17.1 Å². The first-order valence-corrected chi connectivity index (χ1v) is 8.78. The van der Waals surface area contributed by atoms with Gasteiger partial charge in [-0.3, -0.25) is 10.1 Å². The average Bonchev–Trinajstić information content (AvgIpc) is 3.18. The van der Waals surface area contributed by atoms with E-state index in [4.69, 9.17) is 9.37 Å². The monoisotopic (exact) mass is 369 g/mol. The van der Waals surface area contributed by atoms with Crippen molar-refractivity contribution in [2.24, 2.45) is 0 Å². The van der Waals surface area contributed by atoms with Crippen molar-refractivity contribution in [2.75, 3.05) is 43.1 Å². The van der Waals surface area contributed by atoms with Crippen LogP contribution in [0.25, 0.3) is 11.0 Å². The SMILES string of the molecule is O=[N+]([O-])c1c(N2CCOCC2)cc(NCCc2ccccc2)c2nonc12. The van der Waals surface area contributed by atoms with Crippen LogP contribution in [0.15, 0.2) is 41.0 Å². The summed E-state index contributed by atoms with van der Waals surface area (Å²) in [6.45, 7) is 2.89. The van der Waals surface area contributed by atoms with E-state index in [0.29, 0.717) is 49.7 Å². The summed E-state index contributed by atoms with van der Waals surface area (Å²) in [4.78, 5) is 13.2. The Kier molecular flexibility index (Phi) is 4.84. The third-order valence-corrected chi connectivity index (χ3v) is 4.60. The van der Waals surface area contributed by atoms with Crippen LogP contribution in [-0.2, 0) is 11.2 Å². The number of hydrogen-bond donors (Lipinski definition) is 1. The molecule has 0 saturated carbocycles. The molecular weight excluding hydrogens is 350 g/mol. The summed E-state index contributed by atoms with van der Waals surface area (Å²) in [5.74, 6) is 0. The molecule has 1 aliphatic heterocycles. The number of anilines is 2. The van der Waals surface area contributed by atoms with Gasteiger partial charge in [0.1, 0.15) is 5.69 Å². The van der Waals surface area contributed by atoms with Crippen molar-refractivity contribution in [3.8, 4) is 0 Å². The summed E-state index contributed by atoms with van der Waals surface area (Å²) in [6.07, 6.45) is 0.817. The van der Waals surface area contributed by atoms with Crippen molar-refractivity contribution in [3.05, 3.63) is 52.1 Å². The molecule has 1 aliphatic rings. The molecule has 0 aliphatic carbocycles. The molecule has 0 radical (unpaired) electrons. The van der Waals surface area contributed by atoms with E-state index in [1.54, 1.807) is 6.07 Å². The molecule has 1 fully saturated rings. The quantitative estimate of drug-likeness (QED) is 0.522. The third kappa shape index (κ3) is 3.54. The smallest absolute Gasteiger partial charge is 0.323 e. The van der Waals surface area contributed by atoms with Crippen molar-refractivity contribution in [3.63, 3.8) is 0 Å². The summed E-state index contributed by atoms with van der Waals surface area (Å²) in [5, 5.41) is 22.7. The molecule has 27 heavy (non-hydrogen) atoms. The number of nitrogens with one attached hydrogen (secondary N) is 1. The number of aromatic nitrogens is 2. The molecule has 4 rings (SSSR count). The van der Waals surface area contributed by atoms with Crippen LogP contribution in [0.3, 0.4) is 0 Å². The first-order chi connectivity index (χ1) is 13.2. The van der Waals surface area contributed by atoms with Gasteiger partial charge in [0, 0.05) is 19.6 Å². The number of nitrogens with zero attached hydrogens (tertiary/aromatic N) is 4. The van der Waals surface area contributed by atoms with Gasteiger partial charge in [-0.2, -0.15) is 0 Å². The number of ether oxygens (including phenoxy) is 1. The Bertz CT molecular complexity index is 938. The number of morpholine rings is 1. The average molecular weight is 369 g/mol. The number of nitro groups is 1. The van der Waals surface area contributed by atoms with E-state index in [9.17, 15) is 10.1 Å². The summed E-state index contributed by atoms with van der Waals surface area (Å²) in [6, 6.07) is 11.9. The summed E-state index contributed by atoms with van der Waals surface area (Å²) in [7, 11) is 0. The van der Waals surface area contributed by atoms with Crippen molar-refractivity contribution in [1.29, 1.82) is 0 Å². The Morgan fingerprint density at radius 3 is 2.63 bits per heavy atom. The maximum atomic E-state index is 11.7. The van der Waals surface area contributed by atoms with Crippen molar-refractivity contribution in [2.45, 2.75) is 6.42 Å². The highest BCUT2D eigenvalue weighted by atomic mass is 16.6. The Morgan fingerprint density at radius 2 is 1.89 bits per heavy atom. The highest BCUT2D eigenvalue weighted by Crippen LogP contribution is 2.39. The van der Waals surface area contributed by atoms with E-state index < -0.39 is 4.92 Å². The number of fused-ring (bicyclic) bond motifs is 1. The van der Waals surface area contributed by atoms with E-state index in [2.05, 4.69) is 27.8 Å². The largest absolute Gasteiger partial charge is 0.383 e. The molecule has 1 N–H and O–H groups in total. The molecule has 2 heterocycles. The zero-order valence-electron chi connectivity index (χ0n) is 14.6. The molecule has 3 aromatic rings. The standard InChI is InChI=1S/C18H19N5O4/c24-23(25)18-15(22-8-10-26-11-9-22)12-14(16-17(18)21-27-20-16)19-7-6-13-4-2-1-3-5-13/h1-5,12,19H,6-11H2. The van der Waals surface area contributed by atoms with Crippen LogP contribution in [-0.4, -0.2) is 48.1 Å². The van der Waals surface area contributed by atoms with Gasteiger partial charge < -0.3 is 15.0 Å². The molecule has 1 saturated heterocycles. The first kappa shape index (κ1) is 17.2. The maximum absolute atomic E-state index is 11.7. The fourth-order valence-electron chi connectivity index (χ4n) is 3.26. The van der Waals surface area contributed by atoms with Gasteiger partial charge in [0.2, 0.25) is 5.52 Å². The van der Waals surface area contributed by atoms with E-state index in [-0.39, 0.29) is 11.2 Å². The fraction of sp³-hybridized carbons (Fsp3) is 0.333. The van der Waals surface area contributed by atoms with Crippen molar-refractivity contribution < 1.29 is 14.3 Å². The molecule has 0 atom stereocenters. The highest BCUT2D eigenvalue weighted by Gasteiger charge is 2.29. The number of nitro benzene ring substituents is 1. The molecule has 0 amide bonds. The summed E-state index contributed by atoms with van der Waals surface area (Å²) < 4.78 is 10.2. The van der Waals surface area contributed by atoms with Gasteiger partial charge >= 0.3 is 5.69 Å². The van der Waals surface area contributed by atoms with Gasteiger partial charge in [-0.25, -0.2) is 4.63 Å². The normalized spacial score (nSPS) is 14.4. The molecule has 0 bridgehead atoms. The Balaban J connectivity index is 1.66. The first-order valence-electron chi connectivity index (χ1n) is 8.78. The van der Waals surface area contributed by atoms with Gasteiger partial charge in [0.15, 0.2) is 5.52 Å². The molecule has 1 aromatic heterocycles. The predicted octanol–water partition coefficient (Wildman–Crippen LogP) is 2.62. The molecule has 0 spiro atoms. The summed E-state index contributed by atoms with van der Waals surface area (Å²) in [5.41, 5.74) is 2.83. The van der Waals surface area contributed by atoms with Gasteiger partial charge in [-0.15, -0.1) is 0 Å². The highest BCUT2D eigenvalue weighted by molar-refractivity contribution is 5.99. The van der Waals surface area contributed by atoms with Crippen LogP contribution in [0, 0.1) is 10.1 Å². The zero-order valence-corrected chi connectivity index (χ0v) is 14.6. The lowest BCUT2D eigenvalue weighted by atomic mass is 10.1. The second-order valence-electron chi connectivity index (χ2n) is 6.27. The van der Waals surface area contributed by atoms with Crippen LogP contribution < -0.4 is 10.2 Å². The minimum atomic E-state index is -0.426. The van der Waals surface area contributed by atoms with Crippen LogP contribution in [0.5, 0.6) is 0 Å². The van der Waals surface area contributed by atoms with E-state index in [1.807, 2.05) is 23.1 Å². The lowest BCUT2D eigenvalue weighted by Crippen LogP contribution is -2.36. The van der Waals surface area contributed by atoms with Crippen molar-refractivity contribution in [1.82, 2.24) is 10.3 Å². The fourth-order valence-corrected chi connectivity index (χ4v) is 3.26. The van der Waals surface area contributed by atoms with Crippen LogP contribution in [0.1, 0.15) is 5.56 Å². The maximum Gasteiger partial charge on any atom is 0.323 e. The Morgan fingerprint density at radius 1 is 1.15 bits per heavy atom. The number of hydrogen-bond acceptors (Lipinski definition) is 8. The van der Waals surface area contributed by atoms with Crippen molar-refractivity contribution >= 4 is 28.1 Å². The molecule has 9 heteroatoms. The van der Waals surface area contributed by atoms with E-state index >= 15 is 0 Å². The summed E-state index contributed by atoms with van der Waals surface area (Å²) >= 11 is 0. The Hall–Kier alpha value is -3.20. The minimum absolute atomic E-state index is 0.0817. The van der Waals surface area contributed by atoms with E-state index in [0.717, 1.165) is 6.42 Å². The van der Waals surface area contributed by atoms with Crippen LogP contribution >= 0.6 is 0 Å². The lowest BCUT2D eigenvalue weighted by Gasteiger charge is -2.28. The van der Waals surface area contributed by atoms with Gasteiger partial charge in [-0.05, 0) is 28.4 Å². The minimum Gasteiger partial charge on any atom is -0.383 e. The lowest BCUT2D eigenvalue weighted by molar-refractivity contribution is -0.382. The number of benzene rings is 2. The van der Waals surface area contributed by atoms with Gasteiger partial charge in [0.25, 0.3) is 0 Å². The van der Waals surface area contributed by atoms with Crippen LogP contribution in [0.2, 0.25) is 0 Å². The topological polar surface area (TPSA) is 107 Å². The Labute approximate surface area is 155 Å². The van der Waals surface area contributed by atoms with Gasteiger partial charge in [0.05, 0.1) is 23.8 Å². The second-order valence-corrected chi connectivity index (χ2v) is 6.27. The van der Waals surface area contributed by atoms with Gasteiger partial charge in [-0.1, -0.05) is 30.3 Å². The predicted molar refractivity (Wildman–Crippen MR) is 100 cm³/mol. The number of rotatable bonds is 6. The third-order valence-electron chi connectivity index (χ3n) is 4.60. The zero-order chi connectivity index (χ0) is 18.6. The molecule has 140 valence electrons. The molecular formula is C18H19N5O4. The van der Waals surface area contributed by atoms with E-state index in [1.165, 1.54) is 5.56 Å². The molecule has 2 aromatic carbocycles.